The molecule has 0 bridgehead atoms. The van der Waals surface area contributed by atoms with Crippen LogP contribution < -0.4 is 4.40 Å². The molecular formula is C28H29GeNS. The van der Waals surface area contributed by atoms with Gasteiger partial charge in [-0.1, -0.05) is 0 Å². The van der Waals surface area contributed by atoms with E-state index in [1.165, 1.54) is 42.1 Å². The van der Waals surface area contributed by atoms with Gasteiger partial charge >= 0.3 is 192 Å². The van der Waals surface area contributed by atoms with E-state index < -0.39 is 13.3 Å². The zero-order valence-corrected chi connectivity index (χ0v) is 22.1. The van der Waals surface area contributed by atoms with Crippen molar-refractivity contribution in [1.82, 2.24) is 4.98 Å². The van der Waals surface area contributed by atoms with Crippen LogP contribution >= 0.6 is 11.3 Å². The molecule has 3 aromatic carbocycles. The molecule has 1 nitrogen and oxygen atoms in total. The molecule has 0 spiro atoms. The first-order valence-corrected chi connectivity index (χ1v) is 19.1. The number of hydrogen-bond acceptors (Lipinski definition) is 2. The first kappa shape index (κ1) is 20.7. The Bertz CT molecular complexity index is 1450. The van der Waals surface area contributed by atoms with E-state index in [4.69, 9.17) is 4.98 Å². The number of pyridine rings is 1. The van der Waals surface area contributed by atoms with Crippen molar-refractivity contribution in [3.05, 3.63) is 72.4 Å². The third-order valence-corrected chi connectivity index (χ3v) is 12.1. The molecule has 0 saturated heterocycles. The van der Waals surface area contributed by atoms with Crippen LogP contribution in [0.5, 0.6) is 0 Å². The summed E-state index contributed by atoms with van der Waals surface area (Å²) in [4.78, 5) is 4.92. The third-order valence-electron chi connectivity index (χ3n) is 6.17. The monoisotopic (exact) mass is 485 g/mol. The van der Waals surface area contributed by atoms with E-state index in [0.29, 0.717) is 0 Å². The molecule has 156 valence electrons. The van der Waals surface area contributed by atoms with E-state index in [0.717, 1.165) is 5.69 Å². The normalized spacial score (nSPS) is 12.8. The van der Waals surface area contributed by atoms with Crippen molar-refractivity contribution in [2.45, 2.75) is 43.5 Å². The SMILES string of the molecule is CC(C)(C)c1cc(-c2nccc3c2sc2[c]([Ge]([CH3])([CH3])[CH3])cccc23)cc2ccccc12. The van der Waals surface area contributed by atoms with Crippen LogP contribution in [0.1, 0.15) is 26.3 Å². The molecule has 0 aliphatic rings. The Balaban J connectivity index is 1.85. The van der Waals surface area contributed by atoms with Gasteiger partial charge in [0.25, 0.3) is 0 Å². The number of thiophene rings is 1. The number of rotatable bonds is 2. The molecular weight excluding hydrogens is 455 g/mol. The van der Waals surface area contributed by atoms with Gasteiger partial charge in [0, 0.05) is 0 Å². The number of nitrogens with zero attached hydrogens (tertiary/aromatic N) is 1. The molecule has 2 heterocycles. The Morgan fingerprint density at radius 2 is 1.48 bits per heavy atom. The van der Waals surface area contributed by atoms with E-state index in [-0.39, 0.29) is 5.41 Å². The summed E-state index contributed by atoms with van der Waals surface area (Å²) >= 11 is -0.0383. The topological polar surface area (TPSA) is 12.9 Å². The summed E-state index contributed by atoms with van der Waals surface area (Å²) in [5.74, 6) is 7.45. The second-order valence-corrected chi connectivity index (χ2v) is 22.2. The van der Waals surface area contributed by atoms with Crippen molar-refractivity contribution in [3.63, 3.8) is 0 Å². The minimum absolute atomic E-state index is 0.0661. The van der Waals surface area contributed by atoms with Crippen LogP contribution in [0.25, 0.3) is 42.2 Å². The third kappa shape index (κ3) is 3.50. The van der Waals surface area contributed by atoms with Crippen molar-refractivity contribution in [1.29, 1.82) is 0 Å². The van der Waals surface area contributed by atoms with Crippen LogP contribution in [0, 0.1) is 0 Å². The molecule has 5 rings (SSSR count). The quantitative estimate of drug-likeness (QED) is 0.231. The minimum atomic E-state index is -1.98. The van der Waals surface area contributed by atoms with E-state index in [1.807, 2.05) is 17.5 Å². The molecule has 0 aliphatic carbocycles. The van der Waals surface area contributed by atoms with Gasteiger partial charge in [-0.3, -0.25) is 0 Å². The Morgan fingerprint density at radius 3 is 2.23 bits per heavy atom. The fourth-order valence-electron chi connectivity index (χ4n) is 4.59. The van der Waals surface area contributed by atoms with Gasteiger partial charge < -0.3 is 0 Å². The number of benzene rings is 3. The van der Waals surface area contributed by atoms with Crippen LogP contribution in [0.15, 0.2) is 66.9 Å². The van der Waals surface area contributed by atoms with Crippen molar-refractivity contribution < 1.29 is 0 Å². The zero-order chi connectivity index (χ0) is 22.0. The molecule has 0 unspecified atom stereocenters. The predicted octanol–water partition coefficient (Wildman–Crippen LogP) is 8.11. The maximum atomic E-state index is 4.92. The van der Waals surface area contributed by atoms with Gasteiger partial charge in [-0.15, -0.1) is 0 Å². The van der Waals surface area contributed by atoms with Crippen molar-refractivity contribution in [3.8, 4) is 11.3 Å². The average Bonchev–Trinajstić information content (AvgIpc) is 3.10. The van der Waals surface area contributed by atoms with Crippen molar-refractivity contribution in [2.75, 3.05) is 0 Å². The van der Waals surface area contributed by atoms with Crippen molar-refractivity contribution >= 4 is 59.9 Å². The molecule has 3 heteroatoms. The maximum absolute atomic E-state index is 4.92. The first-order chi connectivity index (χ1) is 14.6. The molecule has 31 heavy (non-hydrogen) atoms. The molecule has 0 fully saturated rings. The van der Waals surface area contributed by atoms with Crippen LogP contribution in [0.2, 0.25) is 17.3 Å². The summed E-state index contributed by atoms with van der Waals surface area (Å²) in [6, 6.07) is 22.5. The molecule has 5 aromatic rings. The summed E-state index contributed by atoms with van der Waals surface area (Å²) in [6.07, 6.45) is 1.99. The van der Waals surface area contributed by atoms with E-state index in [2.05, 4.69) is 98.7 Å². The Hall–Kier alpha value is -2.17. The molecule has 0 saturated carbocycles. The van der Waals surface area contributed by atoms with Gasteiger partial charge in [0.2, 0.25) is 0 Å². The fraction of sp³-hybridized carbons (Fsp3) is 0.250. The van der Waals surface area contributed by atoms with Gasteiger partial charge in [-0.2, -0.15) is 0 Å². The molecule has 0 atom stereocenters. The summed E-state index contributed by atoms with van der Waals surface area (Å²) in [5, 5.41) is 5.35. The van der Waals surface area contributed by atoms with E-state index in [1.54, 1.807) is 4.40 Å². The second-order valence-electron chi connectivity index (χ2n) is 10.6. The van der Waals surface area contributed by atoms with E-state index in [9.17, 15) is 0 Å². The van der Waals surface area contributed by atoms with Gasteiger partial charge in [0.05, 0.1) is 0 Å². The van der Waals surface area contributed by atoms with Crippen molar-refractivity contribution in [2.24, 2.45) is 0 Å². The van der Waals surface area contributed by atoms with Gasteiger partial charge in [-0.25, -0.2) is 0 Å². The Morgan fingerprint density at radius 1 is 0.774 bits per heavy atom. The van der Waals surface area contributed by atoms with Gasteiger partial charge in [0.1, 0.15) is 0 Å². The molecule has 0 N–H and O–H groups in total. The summed E-state index contributed by atoms with van der Waals surface area (Å²) in [6.45, 7) is 6.90. The Labute approximate surface area is 191 Å². The Kier molecular flexibility index (Phi) is 4.80. The summed E-state index contributed by atoms with van der Waals surface area (Å²) in [7, 11) is 0. The van der Waals surface area contributed by atoms with Gasteiger partial charge in [0.15, 0.2) is 0 Å². The van der Waals surface area contributed by atoms with Gasteiger partial charge in [-0.05, 0) is 0 Å². The van der Waals surface area contributed by atoms with E-state index >= 15 is 0 Å². The van der Waals surface area contributed by atoms with Crippen LogP contribution in [-0.4, -0.2) is 18.3 Å². The molecule has 2 aromatic heterocycles. The predicted molar refractivity (Wildman–Crippen MR) is 142 cm³/mol. The number of fused-ring (bicyclic) bond motifs is 4. The van der Waals surface area contributed by atoms with Crippen LogP contribution in [0.3, 0.4) is 0 Å². The fourth-order valence-corrected chi connectivity index (χ4v) is 10.7. The summed E-state index contributed by atoms with van der Waals surface area (Å²) < 4.78 is 4.38. The van der Waals surface area contributed by atoms with Crippen LogP contribution in [-0.2, 0) is 5.41 Å². The number of hydrogen-bond donors (Lipinski definition) is 0. The van der Waals surface area contributed by atoms with Crippen LogP contribution in [0.4, 0.5) is 0 Å². The second kappa shape index (κ2) is 7.18. The number of aromatic nitrogens is 1. The average molecular weight is 484 g/mol. The molecule has 0 radical (unpaired) electrons. The standard InChI is InChI=1S/C28H29GeNS/c1-28(2,3)23-17-19(16-18-10-7-8-11-20(18)23)25-27-22(14-15-30-25)21-12-9-13-24(26(21)31-27)29(4,5)6/h7-17H,1-6H3. The first-order valence-electron chi connectivity index (χ1n) is 11.0. The summed E-state index contributed by atoms with van der Waals surface area (Å²) in [5.41, 5.74) is 3.78. The molecule has 0 amide bonds. The zero-order valence-electron chi connectivity index (χ0n) is 19.2. The molecule has 0 aliphatic heterocycles.